The Morgan fingerprint density at radius 2 is 1.95 bits per heavy atom. The molecule has 1 aromatic heterocycles. The van der Waals surface area contributed by atoms with Crippen LogP contribution in [0, 0.1) is 0 Å². The molecule has 1 fully saturated rings. The summed E-state index contributed by atoms with van der Waals surface area (Å²) >= 11 is 0. The maximum atomic E-state index is 12.0. The molecule has 6 nitrogen and oxygen atoms in total. The van der Waals surface area contributed by atoms with Gasteiger partial charge in [0.1, 0.15) is 6.61 Å². The Morgan fingerprint density at radius 3 is 2.59 bits per heavy atom. The highest BCUT2D eigenvalue weighted by Crippen LogP contribution is 2.15. The molecular formula is C13H19F3N4O2. The van der Waals surface area contributed by atoms with Gasteiger partial charge < -0.3 is 14.4 Å². The molecule has 0 aromatic carbocycles. The average molecular weight is 320 g/mol. The van der Waals surface area contributed by atoms with E-state index in [1.165, 1.54) is 0 Å². The van der Waals surface area contributed by atoms with Crippen molar-refractivity contribution in [3.8, 4) is 5.88 Å². The van der Waals surface area contributed by atoms with Crippen molar-refractivity contribution in [2.24, 2.45) is 0 Å². The molecule has 0 amide bonds. The Morgan fingerprint density at radius 1 is 1.23 bits per heavy atom. The summed E-state index contributed by atoms with van der Waals surface area (Å²) in [5, 5.41) is 0. The third-order valence-corrected chi connectivity index (χ3v) is 3.30. The number of nitrogens with zero attached hydrogens (tertiary/aromatic N) is 4. The third kappa shape index (κ3) is 5.30. The molecule has 1 aliphatic rings. The van der Waals surface area contributed by atoms with E-state index in [0.29, 0.717) is 31.5 Å². The van der Waals surface area contributed by atoms with Gasteiger partial charge in [0.2, 0.25) is 11.8 Å². The molecule has 0 aliphatic carbocycles. The van der Waals surface area contributed by atoms with E-state index < -0.39 is 12.8 Å². The number of hydrogen-bond donors (Lipinski definition) is 0. The number of alkyl halides is 3. The van der Waals surface area contributed by atoms with Gasteiger partial charge >= 0.3 is 6.18 Å². The van der Waals surface area contributed by atoms with Crippen molar-refractivity contribution in [1.29, 1.82) is 0 Å². The first-order chi connectivity index (χ1) is 10.5. The highest BCUT2D eigenvalue weighted by molar-refractivity contribution is 5.32. The number of ether oxygens (including phenoxy) is 2. The van der Waals surface area contributed by atoms with E-state index in [2.05, 4.69) is 19.6 Å². The van der Waals surface area contributed by atoms with Crippen molar-refractivity contribution >= 4 is 5.95 Å². The highest BCUT2D eigenvalue weighted by atomic mass is 19.4. The van der Waals surface area contributed by atoms with Crippen LogP contribution in [-0.4, -0.2) is 74.1 Å². The van der Waals surface area contributed by atoms with Crippen LogP contribution < -0.4 is 9.64 Å². The Hall–Kier alpha value is -1.61. The highest BCUT2D eigenvalue weighted by Gasteiger charge is 2.27. The fraction of sp³-hybridized carbons (Fsp3) is 0.692. The smallest absolute Gasteiger partial charge is 0.411 e. The van der Waals surface area contributed by atoms with Gasteiger partial charge in [0.05, 0.1) is 13.7 Å². The second kappa shape index (κ2) is 7.59. The molecule has 124 valence electrons. The molecule has 0 spiro atoms. The normalized spacial score (nSPS) is 16.8. The molecule has 0 N–H and O–H groups in total. The first-order valence-corrected chi connectivity index (χ1v) is 6.97. The lowest BCUT2D eigenvalue weighted by atomic mass is 10.3. The van der Waals surface area contributed by atoms with E-state index in [1.807, 2.05) is 4.90 Å². The van der Waals surface area contributed by atoms with Crippen LogP contribution in [0.25, 0.3) is 0 Å². The summed E-state index contributed by atoms with van der Waals surface area (Å²) in [4.78, 5) is 12.6. The number of hydrogen-bond acceptors (Lipinski definition) is 6. The molecule has 1 saturated heterocycles. The zero-order valence-electron chi connectivity index (χ0n) is 12.3. The van der Waals surface area contributed by atoms with Gasteiger partial charge in [-0.05, 0) is 0 Å². The summed E-state index contributed by atoms with van der Waals surface area (Å²) in [5.74, 6) is 1.11. The van der Waals surface area contributed by atoms with Crippen LogP contribution in [0.4, 0.5) is 19.1 Å². The summed E-state index contributed by atoms with van der Waals surface area (Å²) in [7, 11) is 1.55. The van der Waals surface area contributed by atoms with Crippen LogP contribution in [-0.2, 0) is 4.74 Å². The zero-order chi connectivity index (χ0) is 16.0. The summed E-state index contributed by atoms with van der Waals surface area (Å²) in [5.41, 5.74) is 0. The number of aromatic nitrogens is 2. The SMILES string of the molecule is COc1ccnc(N2CCN(CCOCC(F)(F)F)CC2)n1. The van der Waals surface area contributed by atoms with Crippen LogP contribution >= 0.6 is 0 Å². The summed E-state index contributed by atoms with van der Waals surface area (Å²) in [6.45, 7) is 2.27. The average Bonchev–Trinajstić information content (AvgIpc) is 2.51. The minimum atomic E-state index is -4.26. The number of piperazine rings is 1. The Balaban J connectivity index is 1.71. The van der Waals surface area contributed by atoms with Crippen molar-refractivity contribution in [2.45, 2.75) is 6.18 Å². The molecule has 2 heterocycles. The lowest BCUT2D eigenvalue weighted by molar-refractivity contribution is -0.174. The Labute approximate surface area is 126 Å². The van der Waals surface area contributed by atoms with Crippen LogP contribution in [0.3, 0.4) is 0 Å². The molecule has 22 heavy (non-hydrogen) atoms. The van der Waals surface area contributed by atoms with Gasteiger partial charge in [-0.1, -0.05) is 0 Å². The lowest BCUT2D eigenvalue weighted by Crippen LogP contribution is -2.48. The van der Waals surface area contributed by atoms with E-state index in [4.69, 9.17) is 4.74 Å². The van der Waals surface area contributed by atoms with Crippen molar-refractivity contribution in [1.82, 2.24) is 14.9 Å². The molecule has 0 unspecified atom stereocenters. The number of methoxy groups -OCH3 is 1. The van der Waals surface area contributed by atoms with Crippen molar-refractivity contribution in [2.75, 3.05) is 57.9 Å². The van der Waals surface area contributed by atoms with Gasteiger partial charge in [0, 0.05) is 45.0 Å². The molecule has 0 radical (unpaired) electrons. The molecule has 0 bridgehead atoms. The van der Waals surface area contributed by atoms with E-state index >= 15 is 0 Å². The molecule has 9 heteroatoms. The van der Waals surface area contributed by atoms with E-state index in [-0.39, 0.29) is 6.61 Å². The van der Waals surface area contributed by atoms with Gasteiger partial charge in [-0.25, -0.2) is 4.98 Å². The predicted molar refractivity (Wildman–Crippen MR) is 74.1 cm³/mol. The monoisotopic (exact) mass is 320 g/mol. The van der Waals surface area contributed by atoms with Crippen LogP contribution in [0.2, 0.25) is 0 Å². The van der Waals surface area contributed by atoms with Crippen LogP contribution in [0.1, 0.15) is 0 Å². The van der Waals surface area contributed by atoms with Gasteiger partial charge in [-0.15, -0.1) is 0 Å². The summed E-state index contributed by atoms with van der Waals surface area (Å²) in [6, 6.07) is 1.68. The second-order valence-corrected chi connectivity index (χ2v) is 4.90. The van der Waals surface area contributed by atoms with Crippen LogP contribution in [0.15, 0.2) is 12.3 Å². The standard InChI is InChI=1S/C13H19F3N4O2/c1-21-11-2-3-17-12(18-11)20-6-4-19(5-7-20)8-9-22-10-13(14,15)16/h2-3H,4-10H2,1H3. The number of anilines is 1. The van der Waals surface area contributed by atoms with Crippen molar-refractivity contribution < 1.29 is 22.6 Å². The van der Waals surface area contributed by atoms with Gasteiger partial charge in [-0.2, -0.15) is 18.2 Å². The second-order valence-electron chi connectivity index (χ2n) is 4.90. The predicted octanol–water partition coefficient (Wildman–Crippen LogP) is 1.19. The number of rotatable bonds is 6. The molecule has 0 atom stereocenters. The first kappa shape index (κ1) is 16.8. The fourth-order valence-corrected chi connectivity index (χ4v) is 2.15. The lowest BCUT2D eigenvalue weighted by Gasteiger charge is -2.34. The van der Waals surface area contributed by atoms with E-state index in [1.54, 1.807) is 19.4 Å². The van der Waals surface area contributed by atoms with Gasteiger partial charge in [0.15, 0.2) is 0 Å². The fourth-order valence-electron chi connectivity index (χ4n) is 2.15. The molecule has 1 aromatic rings. The van der Waals surface area contributed by atoms with E-state index in [9.17, 15) is 13.2 Å². The molecular weight excluding hydrogens is 301 g/mol. The first-order valence-electron chi connectivity index (χ1n) is 6.97. The zero-order valence-corrected chi connectivity index (χ0v) is 12.3. The minimum Gasteiger partial charge on any atom is -0.481 e. The number of halogens is 3. The van der Waals surface area contributed by atoms with Gasteiger partial charge in [-0.3, -0.25) is 4.90 Å². The maximum Gasteiger partial charge on any atom is 0.411 e. The van der Waals surface area contributed by atoms with Crippen LogP contribution in [0.5, 0.6) is 5.88 Å². The van der Waals surface area contributed by atoms with Crippen molar-refractivity contribution in [3.05, 3.63) is 12.3 Å². The third-order valence-electron chi connectivity index (χ3n) is 3.30. The summed E-state index contributed by atoms with van der Waals surface area (Å²) < 4.78 is 45.5. The van der Waals surface area contributed by atoms with E-state index in [0.717, 1.165) is 13.1 Å². The summed E-state index contributed by atoms with van der Waals surface area (Å²) in [6.07, 6.45) is -2.62. The Kier molecular flexibility index (Phi) is 5.78. The van der Waals surface area contributed by atoms with Gasteiger partial charge in [0.25, 0.3) is 0 Å². The maximum absolute atomic E-state index is 12.0. The largest absolute Gasteiger partial charge is 0.481 e. The molecule has 0 saturated carbocycles. The molecule has 2 rings (SSSR count). The quantitative estimate of drug-likeness (QED) is 0.734. The minimum absolute atomic E-state index is 0.0785. The van der Waals surface area contributed by atoms with Crippen molar-refractivity contribution in [3.63, 3.8) is 0 Å². The Bertz CT molecular complexity index is 465. The topological polar surface area (TPSA) is 50.7 Å². The molecule has 1 aliphatic heterocycles.